The van der Waals surface area contributed by atoms with Gasteiger partial charge in [0.2, 0.25) is 10.0 Å². The van der Waals surface area contributed by atoms with Crippen LogP contribution in [-0.2, 0) is 23.0 Å². The minimum atomic E-state index is -3.61. The zero-order valence-corrected chi connectivity index (χ0v) is 17.5. The van der Waals surface area contributed by atoms with E-state index in [1.165, 1.54) is 4.31 Å². The third-order valence-corrected chi connectivity index (χ3v) is 6.59. The quantitative estimate of drug-likeness (QED) is 0.653. The standard InChI is InChI=1S/C22H27NO4S/c1-5-13-26-19-8-6-7-17(14-19)16-23(4)28(24,25)20-9-10-21-18(15-20)11-12-22(2,3)27-21/h5-10,14-15H,1,11-13,16H2,2-4H3. The smallest absolute Gasteiger partial charge is 0.243 e. The Labute approximate surface area is 167 Å². The van der Waals surface area contributed by atoms with Gasteiger partial charge in [0, 0.05) is 13.6 Å². The maximum absolute atomic E-state index is 13.0. The fraction of sp³-hybridized carbons (Fsp3) is 0.364. The van der Waals surface area contributed by atoms with Crippen LogP contribution in [0.1, 0.15) is 31.4 Å². The largest absolute Gasteiger partial charge is 0.490 e. The SMILES string of the molecule is C=CCOc1cccc(CN(C)S(=O)(=O)c2ccc3c(c2)CCC(C)(C)O3)c1. The number of nitrogens with zero attached hydrogens (tertiary/aromatic N) is 1. The molecule has 0 radical (unpaired) electrons. The molecular weight excluding hydrogens is 374 g/mol. The first-order chi connectivity index (χ1) is 13.2. The molecule has 0 aliphatic carbocycles. The Kier molecular flexibility index (Phi) is 5.82. The van der Waals surface area contributed by atoms with Crippen LogP contribution >= 0.6 is 0 Å². The summed E-state index contributed by atoms with van der Waals surface area (Å²) < 4.78 is 38.9. The van der Waals surface area contributed by atoms with E-state index in [2.05, 4.69) is 6.58 Å². The van der Waals surface area contributed by atoms with Gasteiger partial charge in [0.05, 0.1) is 4.90 Å². The fourth-order valence-electron chi connectivity index (χ4n) is 3.21. The van der Waals surface area contributed by atoms with Gasteiger partial charge in [0.25, 0.3) is 0 Å². The van der Waals surface area contributed by atoms with E-state index >= 15 is 0 Å². The van der Waals surface area contributed by atoms with E-state index in [9.17, 15) is 8.42 Å². The Balaban J connectivity index is 1.78. The summed E-state index contributed by atoms with van der Waals surface area (Å²) in [5.41, 5.74) is 1.58. The second kappa shape index (κ2) is 7.97. The van der Waals surface area contributed by atoms with E-state index in [-0.39, 0.29) is 17.0 Å². The molecule has 0 unspecified atom stereocenters. The number of sulfonamides is 1. The third kappa shape index (κ3) is 4.56. The van der Waals surface area contributed by atoms with Gasteiger partial charge >= 0.3 is 0 Å². The van der Waals surface area contributed by atoms with Crippen molar-refractivity contribution in [2.24, 2.45) is 0 Å². The number of benzene rings is 2. The van der Waals surface area contributed by atoms with Crippen LogP contribution in [0, 0.1) is 0 Å². The lowest BCUT2D eigenvalue weighted by Gasteiger charge is -2.32. The highest BCUT2D eigenvalue weighted by molar-refractivity contribution is 7.89. The molecule has 5 nitrogen and oxygen atoms in total. The molecule has 0 fully saturated rings. The minimum absolute atomic E-state index is 0.219. The monoisotopic (exact) mass is 401 g/mol. The van der Waals surface area contributed by atoms with Gasteiger partial charge < -0.3 is 9.47 Å². The summed E-state index contributed by atoms with van der Waals surface area (Å²) in [6, 6.07) is 12.5. The highest BCUT2D eigenvalue weighted by Gasteiger charge is 2.29. The Bertz CT molecular complexity index is 966. The summed E-state index contributed by atoms with van der Waals surface area (Å²) >= 11 is 0. The van der Waals surface area contributed by atoms with Crippen LogP contribution in [0.2, 0.25) is 0 Å². The van der Waals surface area contributed by atoms with Crippen molar-refractivity contribution in [2.75, 3.05) is 13.7 Å². The first-order valence-corrected chi connectivity index (χ1v) is 10.8. The van der Waals surface area contributed by atoms with Crippen molar-refractivity contribution < 1.29 is 17.9 Å². The van der Waals surface area contributed by atoms with E-state index in [0.717, 1.165) is 29.7 Å². The van der Waals surface area contributed by atoms with Gasteiger partial charge in [-0.1, -0.05) is 24.8 Å². The second-order valence-electron chi connectivity index (χ2n) is 7.64. The summed E-state index contributed by atoms with van der Waals surface area (Å²) in [5, 5.41) is 0. The Morgan fingerprint density at radius 1 is 1.25 bits per heavy atom. The highest BCUT2D eigenvalue weighted by Crippen LogP contribution is 2.34. The molecule has 0 atom stereocenters. The lowest BCUT2D eigenvalue weighted by Crippen LogP contribution is -2.33. The van der Waals surface area contributed by atoms with Crippen LogP contribution < -0.4 is 9.47 Å². The topological polar surface area (TPSA) is 55.8 Å². The van der Waals surface area contributed by atoms with Crippen LogP contribution in [-0.4, -0.2) is 32.0 Å². The zero-order valence-electron chi connectivity index (χ0n) is 16.6. The lowest BCUT2D eigenvalue weighted by atomic mass is 9.94. The van der Waals surface area contributed by atoms with E-state index in [0.29, 0.717) is 12.4 Å². The third-order valence-electron chi connectivity index (χ3n) is 4.79. The molecule has 0 spiro atoms. The lowest BCUT2D eigenvalue weighted by molar-refractivity contribution is 0.0845. The molecule has 2 aromatic carbocycles. The summed E-state index contributed by atoms with van der Waals surface area (Å²) in [4.78, 5) is 0.288. The molecule has 0 N–H and O–H groups in total. The highest BCUT2D eigenvalue weighted by atomic mass is 32.2. The molecule has 0 saturated heterocycles. The molecule has 150 valence electrons. The van der Waals surface area contributed by atoms with Gasteiger partial charge in [-0.2, -0.15) is 4.31 Å². The van der Waals surface area contributed by atoms with E-state index in [1.54, 1.807) is 31.3 Å². The van der Waals surface area contributed by atoms with Crippen molar-refractivity contribution in [2.45, 2.75) is 43.7 Å². The van der Waals surface area contributed by atoms with Gasteiger partial charge in [0.15, 0.2) is 0 Å². The van der Waals surface area contributed by atoms with Crippen LogP contribution in [0.5, 0.6) is 11.5 Å². The molecule has 1 heterocycles. The first-order valence-electron chi connectivity index (χ1n) is 9.32. The predicted molar refractivity (Wildman–Crippen MR) is 110 cm³/mol. The molecule has 28 heavy (non-hydrogen) atoms. The molecule has 3 rings (SSSR count). The summed E-state index contributed by atoms with van der Waals surface area (Å²) in [6.07, 6.45) is 3.33. The molecule has 0 bridgehead atoms. The molecule has 1 aliphatic rings. The maximum Gasteiger partial charge on any atom is 0.243 e. The van der Waals surface area contributed by atoms with Gasteiger partial charge in [-0.25, -0.2) is 8.42 Å². The number of hydrogen-bond acceptors (Lipinski definition) is 4. The molecule has 2 aromatic rings. The van der Waals surface area contributed by atoms with E-state index < -0.39 is 10.0 Å². The number of ether oxygens (including phenoxy) is 2. The molecule has 1 aliphatic heterocycles. The van der Waals surface area contributed by atoms with Crippen LogP contribution in [0.3, 0.4) is 0 Å². The zero-order chi connectivity index (χ0) is 20.4. The second-order valence-corrected chi connectivity index (χ2v) is 9.68. The van der Waals surface area contributed by atoms with Crippen LogP contribution in [0.4, 0.5) is 0 Å². The van der Waals surface area contributed by atoms with Gasteiger partial charge in [-0.15, -0.1) is 0 Å². The Morgan fingerprint density at radius 3 is 2.79 bits per heavy atom. The number of hydrogen-bond donors (Lipinski definition) is 0. The normalized spacial score (nSPS) is 15.6. The van der Waals surface area contributed by atoms with E-state index in [1.807, 2.05) is 38.1 Å². The molecule has 6 heteroatoms. The summed E-state index contributed by atoms with van der Waals surface area (Å²) in [6.45, 7) is 8.38. The van der Waals surface area contributed by atoms with Crippen molar-refractivity contribution >= 4 is 10.0 Å². The van der Waals surface area contributed by atoms with Crippen LogP contribution in [0.15, 0.2) is 60.0 Å². The number of fused-ring (bicyclic) bond motifs is 1. The Hall–Kier alpha value is -2.31. The van der Waals surface area contributed by atoms with Gasteiger partial charge in [-0.05, 0) is 68.1 Å². The van der Waals surface area contributed by atoms with Crippen molar-refractivity contribution in [1.29, 1.82) is 0 Å². The van der Waals surface area contributed by atoms with Crippen molar-refractivity contribution in [1.82, 2.24) is 4.31 Å². The van der Waals surface area contributed by atoms with Gasteiger partial charge in [0.1, 0.15) is 23.7 Å². The maximum atomic E-state index is 13.0. The molecule has 0 amide bonds. The van der Waals surface area contributed by atoms with Crippen molar-refractivity contribution in [3.8, 4) is 11.5 Å². The Morgan fingerprint density at radius 2 is 2.04 bits per heavy atom. The number of rotatable bonds is 7. The van der Waals surface area contributed by atoms with Gasteiger partial charge in [-0.3, -0.25) is 0 Å². The average molecular weight is 402 g/mol. The van der Waals surface area contributed by atoms with Crippen molar-refractivity contribution in [3.63, 3.8) is 0 Å². The first kappa shape index (κ1) is 20.4. The minimum Gasteiger partial charge on any atom is -0.490 e. The molecule has 0 saturated carbocycles. The fourth-order valence-corrected chi connectivity index (χ4v) is 4.42. The van der Waals surface area contributed by atoms with Crippen molar-refractivity contribution in [3.05, 3.63) is 66.2 Å². The average Bonchev–Trinajstić information content (AvgIpc) is 2.65. The molecular formula is C22H27NO4S. The predicted octanol–water partition coefficient (Wildman–Crippen LogP) is 4.18. The number of aryl methyl sites for hydroxylation is 1. The summed E-state index contributed by atoms with van der Waals surface area (Å²) in [5.74, 6) is 1.46. The van der Waals surface area contributed by atoms with Crippen LogP contribution in [0.25, 0.3) is 0 Å². The van der Waals surface area contributed by atoms with E-state index in [4.69, 9.17) is 9.47 Å². The molecule has 0 aromatic heterocycles. The summed E-state index contributed by atoms with van der Waals surface area (Å²) in [7, 11) is -2.02.